The quantitative estimate of drug-likeness (QED) is 0.636. The van der Waals surface area contributed by atoms with Crippen LogP contribution in [0.3, 0.4) is 0 Å². The first kappa shape index (κ1) is 22.9. The Morgan fingerprint density at radius 2 is 1.79 bits per heavy atom. The smallest absolute Gasteiger partial charge is 0.387 e. The monoisotopic (exact) mass is 447 g/mol. The van der Waals surface area contributed by atoms with Crippen molar-refractivity contribution in [3.63, 3.8) is 0 Å². The Labute approximate surface area is 177 Å². The number of benzene rings is 1. The van der Waals surface area contributed by atoms with Gasteiger partial charge in [0.05, 0.1) is 11.9 Å². The standard InChI is InChI=1S/C18H16F3N5O.2ClH/c19-13-3-1-2-4-15(13)26-16(10-7-11(22)8-10)24-25-17(26)14-6-5-12(9-23-14)27-18(20)21;;/h1-6,9-11,18H,7-8,22H2;2*1H. The summed E-state index contributed by atoms with van der Waals surface area (Å²) in [5.74, 6) is 0.491. The lowest BCUT2D eigenvalue weighted by Crippen LogP contribution is -2.36. The van der Waals surface area contributed by atoms with Crippen LogP contribution in [0.25, 0.3) is 17.2 Å². The van der Waals surface area contributed by atoms with Gasteiger partial charge in [0.25, 0.3) is 0 Å². The van der Waals surface area contributed by atoms with Gasteiger partial charge in [0, 0.05) is 12.0 Å². The highest BCUT2D eigenvalue weighted by atomic mass is 35.5. The Balaban J connectivity index is 0.00000150. The number of alkyl halides is 2. The minimum atomic E-state index is -2.94. The molecule has 0 aliphatic heterocycles. The molecule has 0 radical (unpaired) electrons. The van der Waals surface area contributed by atoms with Gasteiger partial charge in [-0.15, -0.1) is 35.0 Å². The second-order valence-electron chi connectivity index (χ2n) is 6.35. The lowest BCUT2D eigenvalue weighted by molar-refractivity contribution is -0.0500. The molecule has 6 nitrogen and oxygen atoms in total. The molecule has 4 rings (SSSR count). The van der Waals surface area contributed by atoms with E-state index in [4.69, 9.17) is 5.73 Å². The number of ether oxygens (including phenoxy) is 1. The molecule has 2 N–H and O–H groups in total. The highest BCUT2D eigenvalue weighted by Crippen LogP contribution is 2.37. The van der Waals surface area contributed by atoms with Crippen LogP contribution in [0.15, 0.2) is 42.6 Å². The molecule has 29 heavy (non-hydrogen) atoms. The van der Waals surface area contributed by atoms with Crippen LogP contribution in [0.5, 0.6) is 5.75 Å². The molecule has 1 aliphatic carbocycles. The van der Waals surface area contributed by atoms with Gasteiger partial charge >= 0.3 is 6.61 Å². The van der Waals surface area contributed by atoms with Gasteiger partial charge in [0.15, 0.2) is 5.82 Å². The summed E-state index contributed by atoms with van der Waals surface area (Å²) in [5, 5.41) is 8.41. The summed E-state index contributed by atoms with van der Waals surface area (Å²) in [5.41, 5.74) is 6.54. The van der Waals surface area contributed by atoms with Gasteiger partial charge in [-0.2, -0.15) is 8.78 Å². The van der Waals surface area contributed by atoms with Gasteiger partial charge in [-0.25, -0.2) is 9.37 Å². The maximum absolute atomic E-state index is 14.5. The summed E-state index contributed by atoms with van der Waals surface area (Å²) >= 11 is 0. The van der Waals surface area contributed by atoms with Crippen molar-refractivity contribution in [1.29, 1.82) is 0 Å². The third kappa shape index (κ3) is 4.63. The van der Waals surface area contributed by atoms with E-state index in [9.17, 15) is 13.2 Å². The molecule has 0 bridgehead atoms. The maximum Gasteiger partial charge on any atom is 0.387 e. The Kier molecular flexibility index (Phi) is 7.45. The van der Waals surface area contributed by atoms with Crippen LogP contribution in [0.4, 0.5) is 13.2 Å². The predicted molar refractivity (Wildman–Crippen MR) is 106 cm³/mol. The molecule has 3 aromatic rings. The molecule has 0 spiro atoms. The van der Waals surface area contributed by atoms with Gasteiger partial charge in [0.2, 0.25) is 0 Å². The van der Waals surface area contributed by atoms with E-state index in [1.54, 1.807) is 22.8 Å². The number of nitrogens with two attached hydrogens (primary N) is 1. The molecular formula is C18H18Cl2F3N5O. The number of aromatic nitrogens is 4. The highest BCUT2D eigenvalue weighted by Gasteiger charge is 2.33. The summed E-state index contributed by atoms with van der Waals surface area (Å²) < 4.78 is 45.0. The first-order chi connectivity index (χ1) is 13.0. The van der Waals surface area contributed by atoms with E-state index in [0.29, 0.717) is 23.0 Å². The Morgan fingerprint density at radius 3 is 2.38 bits per heavy atom. The lowest BCUT2D eigenvalue weighted by atomic mass is 9.80. The summed E-state index contributed by atoms with van der Waals surface area (Å²) in [4.78, 5) is 4.12. The SMILES string of the molecule is Cl.Cl.NC1CC(c2nnc(-c3ccc(OC(F)F)cn3)n2-c2ccccc2F)C1. The molecule has 0 saturated heterocycles. The Hall–Kier alpha value is -2.36. The molecular weight excluding hydrogens is 430 g/mol. The van der Waals surface area contributed by atoms with Crippen LogP contribution >= 0.6 is 24.8 Å². The van der Waals surface area contributed by atoms with Crippen molar-refractivity contribution < 1.29 is 17.9 Å². The van der Waals surface area contributed by atoms with Crippen LogP contribution in [0.2, 0.25) is 0 Å². The second-order valence-corrected chi connectivity index (χ2v) is 6.35. The third-order valence-corrected chi connectivity index (χ3v) is 4.51. The van der Waals surface area contributed by atoms with Crippen molar-refractivity contribution in [2.75, 3.05) is 0 Å². The number of rotatable bonds is 5. The van der Waals surface area contributed by atoms with Crippen LogP contribution in [0.1, 0.15) is 24.6 Å². The molecule has 0 amide bonds. The zero-order valence-corrected chi connectivity index (χ0v) is 16.5. The number of pyridine rings is 1. The van der Waals surface area contributed by atoms with Crippen molar-refractivity contribution in [3.8, 4) is 23.0 Å². The second kappa shape index (κ2) is 9.43. The maximum atomic E-state index is 14.5. The minimum Gasteiger partial charge on any atom is -0.433 e. The van der Waals surface area contributed by atoms with Gasteiger partial charge in [-0.1, -0.05) is 12.1 Å². The van der Waals surface area contributed by atoms with Crippen LogP contribution < -0.4 is 10.5 Å². The lowest BCUT2D eigenvalue weighted by Gasteiger charge is -2.31. The fourth-order valence-electron chi connectivity index (χ4n) is 3.15. The summed E-state index contributed by atoms with van der Waals surface area (Å²) in [7, 11) is 0. The third-order valence-electron chi connectivity index (χ3n) is 4.51. The zero-order valence-electron chi connectivity index (χ0n) is 14.9. The Bertz CT molecular complexity index is 949. The van der Waals surface area contributed by atoms with Gasteiger partial charge in [-0.05, 0) is 37.1 Å². The molecule has 2 aromatic heterocycles. The minimum absolute atomic E-state index is 0. The van der Waals surface area contributed by atoms with Crippen LogP contribution in [-0.4, -0.2) is 32.4 Å². The first-order valence-corrected chi connectivity index (χ1v) is 8.40. The normalized spacial score (nSPS) is 17.8. The molecule has 11 heteroatoms. The van der Waals surface area contributed by atoms with Crippen molar-refractivity contribution in [2.45, 2.75) is 31.4 Å². The number of nitrogens with zero attached hydrogens (tertiary/aromatic N) is 4. The molecule has 1 aromatic carbocycles. The average Bonchev–Trinajstić information content (AvgIpc) is 3.04. The molecule has 0 atom stereocenters. The topological polar surface area (TPSA) is 78.8 Å². The number of halogens is 5. The number of hydrogen-bond acceptors (Lipinski definition) is 5. The molecule has 0 unspecified atom stereocenters. The van der Waals surface area contributed by atoms with Crippen molar-refractivity contribution >= 4 is 24.8 Å². The Morgan fingerprint density at radius 1 is 1.07 bits per heavy atom. The summed E-state index contributed by atoms with van der Waals surface area (Å²) in [6.45, 7) is -2.94. The first-order valence-electron chi connectivity index (χ1n) is 8.40. The van der Waals surface area contributed by atoms with Gasteiger partial charge in [0.1, 0.15) is 23.1 Å². The van der Waals surface area contributed by atoms with Crippen molar-refractivity contribution in [3.05, 3.63) is 54.2 Å². The molecule has 1 fully saturated rings. The molecule has 1 saturated carbocycles. The van der Waals surface area contributed by atoms with E-state index in [0.717, 1.165) is 12.8 Å². The number of para-hydroxylation sites is 1. The number of hydrogen-bond donors (Lipinski definition) is 1. The van der Waals surface area contributed by atoms with E-state index in [-0.39, 0.29) is 42.5 Å². The highest BCUT2D eigenvalue weighted by molar-refractivity contribution is 5.85. The fourth-order valence-corrected chi connectivity index (χ4v) is 3.15. The van der Waals surface area contributed by atoms with Crippen LogP contribution in [-0.2, 0) is 0 Å². The van der Waals surface area contributed by atoms with E-state index in [2.05, 4.69) is 19.9 Å². The van der Waals surface area contributed by atoms with Crippen LogP contribution in [0, 0.1) is 5.82 Å². The van der Waals surface area contributed by atoms with Gasteiger partial charge < -0.3 is 10.5 Å². The predicted octanol–water partition coefficient (Wildman–Crippen LogP) is 4.12. The van der Waals surface area contributed by atoms with E-state index in [1.807, 2.05) is 0 Å². The summed E-state index contributed by atoms with van der Waals surface area (Å²) in [6.07, 6.45) is 2.64. The van der Waals surface area contributed by atoms with Crippen molar-refractivity contribution in [1.82, 2.24) is 19.7 Å². The average molecular weight is 448 g/mol. The zero-order chi connectivity index (χ0) is 19.0. The molecule has 2 heterocycles. The fraction of sp³-hybridized carbons (Fsp3) is 0.278. The van der Waals surface area contributed by atoms with Crippen molar-refractivity contribution in [2.24, 2.45) is 5.73 Å². The molecule has 1 aliphatic rings. The van der Waals surface area contributed by atoms with Gasteiger partial charge in [-0.3, -0.25) is 4.57 Å². The van der Waals surface area contributed by atoms with E-state index in [1.165, 1.54) is 24.4 Å². The summed E-state index contributed by atoms with van der Waals surface area (Å²) in [6, 6.07) is 9.21. The van der Waals surface area contributed by atoms with E-state index >= 15 is 0 Å². The largest absolute Gasteiger partial charge is 0.433 e. The van der Waals surface area contributed by atoms with E-state index < -0.39 is 12.4 Å². The molecule has 156 valence electrons.